The molecule has 0 bridgehead atoms. The maximum Gasteiger partial charge on any atom is 0.255 e. The van der Waals surface area contributed by atoms with Crippen LogP contribution in [0.2, 0.25) is 0 Å². The number of carbonyl (C=O) groups excluding carboxylic acids is 1. The van der Waals surface area contributed by atoms with Crippen molar-refractivity contribution in [3.05, 3.63) is 34.9 Å². The second-order valence-corrected chi connectivity index (χ2v) is 4.50. The van der Waals surface area contributed by atoms with Crippen LogP contribution in [0.1, 0.15) is 35.3 Å². The molecule has 0 aliphatic rings. The molecule has 3 heteroatoms. The van der Waals surface area contributed by atoms with Gasteiger partial charge in [0.1, 0.15) is 6.54 Å². The highest BCUT2D eigenvalue weighted by Gasteiger charge is 2.19. The first-order chi connectivity index (χ1) is 7.97. The van der Waals surface area contributed by atoms with Crippen LogP contribution in [0.4, 0.5) is 0 Å². The van der Waals surface area contributed by atoms with E-state index in [1.165, 1.54) is 0 Å². The van der Waals surface area contributed by atoms with Gasteiger partial charge in [0, 0.05) is 11.6 Å². The van der Waals surface area contributed by atoms with E-state index in [1.807, 2.05) is 52.0 Å². The van der Waals surface area contributed by atoms with Crippen molar-refractivity contribution in [2.24, 2.45) is 0 Å². The summed E-state index contributed by atoms with van der Waals surface area (Å²) >= 11 is 0. The normalized spacial score (nSPS) is 10.1. The lowest BCUT2D eigenvalue weighted by molar-refractivity contribution is 0.0730. The van der Waals surface area contributed by atoms with Crippen LogP contribution in [0.5, 0.6) is 0 Å². The Morgan fingerprint density at radius 2 is 2.06 bits per heavy atom. The highest BCUT2D eigenvalue weighted by molar-refractivity contribution is 5.96. The number of hydrogen-bond acceptors (Lipinski definition) is 2. The van der Waals surface area contributed by atoms with Gasteiger partial charge in [-0.25, -0.2) is 0 Å². The zero-order valence-corrected chi connectivity index (χ0v) is 10.8. The quantitative estimate of drug-likeness (QED) is 0.749. The molecule has 0 fully saturated rings. The summed E-state index contributed by atoms with van der Waals surface area (Å²) in [7, 11) is 0. The van der Waals surface area contributed by atoms with E-state index in [0.717, 1.165) is 11.1 Å². The largest absolute Gasteiger partial charge is 0.323 e. The SMILES string of the molecule is Cc1ccc(C)c(C(=O)N(CC#N)C(C)C)c1. The number of rotatable bonds is 3. The topological polar surface area (TPSA) is 44.1 Å². The summed E-state index contributed by atoms with van der Waals surface area (Å²) in [6, 6.07) is 7.87. The summed E-state index contributed by atoms with van der Waals surface area (Å²) in [4.78, 5) is 13.9. The van der Waals surface area contributed by atoms with Crippen molar-refractivity contribution in [3.8, 4) is 6.07 Å². The molecule has 0 N–H and O–H groups in total. The maximum atomic E-state index is 12.3. The van der Waals surface area contributed by atoms with E-state index in [2.05, 4.69) is 0 Å². The molecule has 0 spiro atoms. The molecule has 0 saturated carbocycles. The number of nitriles is 1. The fourth-order valence-corrected chi connectivity index (χ4v) is 1.69. The molecule has 0 unspecified atom stereocenters. The van der Waals surface area contributed by atoms with E-state index in [-0.39, 0.29) is 18.5 Å². The smallest absolute Gasteiger partial charge is 0.255 e. The van der Waals surface area contributed by atoms with Crippen LogP contribution in [-0.4, -0.2) is 23.4 Å². The Morgan fingerprint density at radius 1 is 1.41 bits per heavy atom. The van der Waals surface area contributed by atoms with Crippen molar-refractivity contribution in [2.75, 3.05) is 6.54 Å². The summed E-state index contributed by atoms with van der Waals surface area (Å²) in [5.74, 6) is -0.0669. The molecule has 0 saturated heterocycles. The van der Waals surface area contributed by atoms with Crippen LogP contribution in [0, 0.1) is 25.2 Å². The predicted molar refractivity (Wildman–Crippen MR) is 67.7 cm³/mol. The molecule has 0 atom stereocenters. The number of carbonyl (C=O) groups is 1. The first-order valence-corrected chi connectivity index (χ1v) is 5.72. The van der Waals surface area contributed by atoms with Gasteiger partial charge in [0.15, 0.2) is 0 Å². The third-order valence-electron chi connectivity index (χ3n) is 2.75. The van der Waals surface area contributed by atoms with Crippen LogP contribution in [0.15, 0.2) is 18.2 Å². The molecule has 0 heterocycles. The van der Waals surface area contributed by atoms with Gasteiger partial charge in [-0.3, -0.25) is 4.79 Å². The number of aryl methyl sites for hydroxylation is 2. The van der Waals surface area contributed by atoms with Crippen molar-refractivity contribution >= 4 is 5.91 Å². The van der Waals surface area contributed by atoms with Crippen LogP contribution < -0.4 is 0 Å². The first kappa shape index (κ1) is 13.2. The van der Waals surface area contributed by atoms with Crippen molar-refractivity contribution < 1.29 is 4.79 Å². The molecule has 17 heavy (non-hydrogen) atoms. The minimum absolute atomic E-state index is 0.0297. The fourth-order valence-electron chi connectivity index (χ4n) is 1.69. The molecule has 3 nitrogen and oxygen atoms in total. The zero-order chi connectivity index (χ0) is 13.0. The van der Waals surface area contributed by atoms with Gasteiger partial charge in [-0.05, 0) is 39.3 Å². The van der Waals surface area contributed by atoms with E-state index >= 15 is 0 Å². The molecule has 1 rings (SSSR count). The molecule has 90 valence electrons. The Kier molecular flexibility index (Phi) is 4.28. The number of amides is 1. The molecule has 0 aliphatic carbocycles. The monoisotopic (exact) mass is 230 g/mol. The van der Waals surface area contributed by atoms with Crippen molar-refractivity contribution in [1.29, 1.82) is 5.26 Å². The summed E-state index contributed by atoms with van der Waals surface area (Å²) in [5, 5.41) is 8.76. The third kappa shape index (κ3) is 3.07. The van der Waals surface area contributed by atoms with Gasteiger partial charge in [-0.2, -0.15) is 5.26 Å². The second-order valence-electron chi connectivity index (χ2n) is 4.50. The molecular formula is C14H18N2O. The molecule has 0 radical (unpaired) electrons. The summed E-state index contributed by atoms with van der Waals surface area (Å²) in [6.07, 6.45) is 0. The highest BCUT2D eigenvalue weighted by Crippen LogP contribution is 2.14. The standard InChI is InChI=1S/C14H18N2O/c1-10(2)16(8-7-15)14(17)13-9-11(3)5-6-12(13)4/h5-6,9-10H,8H2,1-4H3. The average molecular weight is 230 g/mol. The van der Waals surface area contributed by atoms with Crippen molar-refractivity contribution in [2.45, 2.75) is 33.7 Å². The van der Waals surface area contributed by atoms with E-state index in [0.29, 0.717) is 5.56 Å². The summed E-state index contributed by atoms with van der Waals surface area (Å²) in [6.45, 7) is 7.84. The molecular weight excluding hydrogens is 212 g/mol. The minimum Gasteiger partial charge on any atom is -0.323 e. The molecule has 1 amide bonds. The Hall–Kier alpha value is -1.82. The lowest BCUT2D eigenvalue weighted by Crippen LogP contribution is -2.37. The van der Waals surface area contributed by atoms with E-state index in [1.54, 1.807) is 4.90 Å². The van der Waals surface area contributed by atoms with Gasteiger partial charge >= 0.3 is 0 Å². The summed E-state index contributed by atoms with van der Waals surface area (Å²) in [5.41, 5.74) is 2.69. The van der Waals surface area contributed by atoms with Crippen molar-refractivity contribution in [1.82, 2.24) is 4.90 Å². The van der Waals surface area contributed by atoms with Gasteiger partial charge in [-0.15, -0.1) is 0 Å². The first-order valence-electron chi connectivity index (χ1n) is 5.72. The zero-order valence-electron chi connectivity index (χ0n) is 10.8. The van der Waals surface area contributed by atoms with E-state index in [4.69, 9.17) is 5.26 Å². The fraction of sp³-hybridized carbons (Fsp3) is 0.429. The van der Waals surface area contributed by atoms with Crippen LogP contribution >= 0.6 is 0 Å². The highest BCUT2D eigenvalue weighted by atomic mass is 16.2. The maximum absolute atomic E-state index is 12.3. The molecule has 1 aromatic carbocycles. The van der Waals surface area contributed by atoms with Gasteiger partial charge in [0.25, 0.3) is 5.91 Å². The number of hydrogen-bond donors (Lipinski definition) is 0. The van der Waals surface area contributed by atoms with Gasteiger partial charge in [0.2, 0.25) is 0 Å². The van der Waals surface area contributed by atoms with E-state index < -0.39 is 0 Å². The Labute approximate surface area is 103 Å². The second kappa shape index (κ2) is 5.49. The van der Waals surface area contributed by atoms with Crippen LogP contribution in [0.3, 0.4) is 0 Å². The Morgan fingerprint density at radius 3 is 2.59 bits per heavy atom. The van der Waals surface area contributed by atoms with Crippen LogP contribution in [0.25, 0.3) is 0 Å². The van der Waals surface area contributed by atoms with E-state index in [9.17, 15) is 4.79 Å². The molecule has 0 aliphatic heterocycles. The predicted octanol–water partition coefficient (Wildman–Crippen LogP) is 2.68. The Balaban J connectivity index is 3.10. The third-order valence-corrected chi connectivity index (χ3v) is 2.75. The minimum atomic E-state index is -0.0669. The van der Waals surface area contributed by atoms with Crippen LogP contribution in [-0.2, 0) is 0 Å². The average Bonchev–Trinajstić information content (AvgIpc) is 2.28. The number of benzene rings is 1. The van der Waals surface area contributed by atoms with Gasteiger partial charge < -0.3 is 4.90 Å². The lowest BCUT2D eigenvalue weighted by Gasteiger charge is -2.24. The Bertz CT molecular complexity index is 458. The molecule has 0 aromatic heterocycles. The lowest BCUT2D eigenvalue weighted by atomic mass is 10.0. The molecule has 1 aromatic rings. The number of nitrogens with zero attached hydrogens (tertiary/aromatic N) is 2. The van der Waals surface area contributed by atoms with Gasteiger partial charge in [-0.1, -0.05) is 17.7 Å². The summed E-state index contributed by atoms with van der Waals surface area (Å²) < 4.78 is 0. The van der Waals surface area contributed by atoms with Gasteiger partial charge in [0.05, 0.1) is 6.07 Å². The van der Waals surface area contributed by atoms with Crippen molar-refractivity contribution in [3.63, 3.8) is 0 Å².